The predicted molar refractivity (Wildman–Crippen MR) is 79.5 cm³/mol. The molecule has 2 amide bonds. The Kier molecular flexibility index (Phi) is 3.61. The van der Waals surface area contributed by atoms with Crippen LogP contribution in [0.2, 0.25) is 0 Å². The van der Waals surface area contributed by atoms with Gasteiger partial charge in [-0.05, 0) is 19.1 Å². The molecule has 0 bridgehead atoms. The molecule has 2 heterocycles. The number of rotatable bonds is 2. The van der Waals surface area contributed by atoms with Crippen LogP contribution >= 0.6 is 0 Å². The molecule has 0 saturated heterocycles. The number of fused-ring (bicyclic) bond motifs is 1. The number of sulfonamides is 1. The van der Waals surface area contributed by atoms with Gasteiger partial charge in [0, 0.05) is 25.5 Å². The Morgan fingerprint density at radius 1 is 1.23 bits per heavy atom. The molecule has 116 valence electrons. The SMILES string of the molecule is Cc1ccc(S(=O)(=O)NC(=O)N2CCn3ccnc3C2)cc1. The van der Waals surface area contributed by atoms with Gasteiger partial charge in [-0.3, -0.25) is 0 Å². The number of carbonyl (C=O) groups excluding carboxylic acids is 1. The molecule has 7 nitrogen and oxygen atoms in total. The Hall–Kier alpha value is -2.35. The van der Waals surface area contributed by atoms with Crippen LogP contribution in [-0.2, 0) is 23.1 Å². The molecule has 0 atom stereocenters. The maximum atomic E-state index is 12.2. The number of benzene rings is 1. The minimum atomic E-state index is -3.86. The summed E-state index contributed by atoms with van der Waals surface area (Å²) < 4.78 is 28.5. The number of imidazole rings is 1. The van der Waals surface area contributed by atoms with E-state index < -0.39 is 16.1 Å². The zero-order valence-corrected chi connectivity index (χ0v) is 12.9. The molecule has 0 radical (unpaired) electrons. The molecule has 0 aliphatic carbocycles. The van der Waals surface area contributed by atoms with Crippen molar-refractivity contribution in [2.45, 2.75) is 24.9 Å². The van der Waals surface area contributed by atoms with Crippen LogP contribution in [-0.4, -0.2) is 35.4 Å². The summed E-state index contributed by atoms with van der Waals surface area (Å²) in [6.07, 6.45) is 3.51. The van der Waals surface area contributed by atoms with Gasteiger partial charge in [0.15, 0.2) is 0 Å². The maximum Gasteiger partial charge on any atom is 0.331 e. The number of hydrogen-bond acceptors (Lipinski definition) is 4. The Morgan fingerprint density at radius 3 is 2.68 bits per heavy atom. The van der Waals surface area contributed by atoms with Gasteiger partial charge in [0.2, 0.25) is 0 Å². The summed E-state index contributed by atoms with van der Waals surface area (Å²) in [6.45, 7) is 3.21. The first kappa shape index (κ1) is 14.6. The monoisotopic (exact) mass is 320 g/mol. The quantitative estimate of drug-likeness (QED) is 0.898. The van der Waals surface area contributed by atoms with Gasteiger partial charge in [0.25, 0.3) is 10.0 Å². The van der Waals surface area contributed by atoms with Gasteiger partial charge < -0.3 is 9.47 Å². The standard InChI is InChI=1S/C14H16N4O3S/c1-11-2-4-12(5-3-11)22(20,21)16-14(19)18-9-8-17-7-6-15-13(17)10-18/h2-7H,8-10H2,1H3,(H,16,19). The smallest absolute Gasteiger partial charge is 0.331 e. The van der Waals surface area contributed by atoms with Crippen LogP contribution in [0.15, 0.2) is 41.6 Å². The summed E-state index contributed by atoms with van der Waals surface area (Å²) in [5, 5.41) is 0. The van der Waals surface area contributed by atoms with Crippen molar-refractivity contribution in [3.05, 3.63) is 48.0 Å². The first-order valence-corrected chi connectivity index (χ1v) is 8.32. The minimum Gasteiger partial charge on any atom is -0.332 e. The van der Waals surface area contributed by atoms with Gasteiger partial charge >= 0.3 is 6.03 Å². The lowest BCUT2D eigenvalue weighted by Gasteiger charge is -2.27. The van der Waals surface area contributed by atoms with Crippen LogP contribution < -0.4 is 4.72 Å². The molecule has 1 aromatic carbocycles. The van der Waals surface area contributed by atoms with Crippen LogP contribution in [0.3, 0.4) is 0 Å². The molecule has 1 N–H and O–H groups in total. The molecular weight excluding hydrogens is 304 g/mol. The molecule has 8 heteroatoms. The number of hydrogen-bond donors (Lipinski definition) is 1. The Balaban J connectivity index is 1.73. The molecule has 1 aliphatic heterocycles. The highest BCUT2D eigenvalue weighted by Crippen LogP contribution is 2.13. The van der Waals surface area contributed by atoms with Crippen molar-refractivity contribution < 1.29 is 13.2 Å². The first-order valence-electron chi connectivity index (χ1n) is 6.84. The first-order chi connectivity index (χ1) is 10.5. The van der Waals surface area contributed by atoms with Gasteiger partial charge in [0.1, 0.15) is 5.82 Å². The summed E-state index contributed by atoms with van der Waals surface area (Å²) >= 11 is 0. The van der Waals surface area contributed by atoms with Crippen LogP contribution in [0.5, 0.6) is 0 Å². The summed E-state index contributed by atoms with van der Waals surface area (Å²) in [4.78, 5) is 17.8. The van der Waals surface area contributed by atoms with Crippen LogP contribution in [0.25, 0.3) is 0 Å². The number of carbonyl (C=O) groups is 1. The van der Waals surface area contributed by atoms with Crippen LogP contribution in [0.4, 0.5) is 4.79 Å². The fourth-order valence-electron chi connectivity index (χ4n) is 2.30. The number of aromatic nitrogens is 2. The normalized spacial score (nSPS) is 14.5. The van der Waals surface area contributed by atoms with Gasteiger partial charge in [-0.25, -0.2) is 22.9 Å². The lowest BCUT2D eigenvalue weighted by Crippen LogP contribution is -2.46. The van der Waals surface area contributed by atoms with E-state index in [1.54, 1.807) is 18.3 Å². The third-order valence-corrected chi connectivity index (χ3v) is 4.92. The van der Waals surface area contributed by atoms with E-state index in [0.717, 1.165) is 11.4 Å². The molecule has 3 rings (SSSR count). The highest BCUT2D eigenvalue weighted by Gasteiger charge is 2.25. The van der Waals surface area contributed by atoms with E-state index in [-0.39, 0.29) is 4.90 Å². The van der Waals surface area contributed by atoms with Gasteiger partial charge in [-0.15, -0.1) is 0 Å². The molecular formula is C14H16N4O3S. The van der Waals surface area contributed by atoms with Crippen molar-refractivity contribution in [3.63, 3.8) is 0 Å². The van der Waals surface area contributed by atoms with Crippen molar-refractivity contribution in [2.24, 2.45) is 0 Å². The Labute approximate surface area is 128 Å². The van der Waals surface area contributed by atoms with Crippen molar-refractivity contribution in [1.82, 2.24) is 19.2 Å². The summed E-state index contributed by atoms with van der Waals surface area (Å²) in [6, 6.07) is 5.71. The van der Waals surface area contributed by atoms with E-state index in [4.69, 9.17) is 0 Å². The fourth-order valence-corrected chi connectivity index (χ4v) is 3.27. The average Bonchev–Trinajstić information content (AvgIpc) is 2.94. The number of urea groups is 1. The van der Waals surface area contributed by atoms with E-state index in [9.17, 15) is 13.2 Å². The third-order valence-electron chi connectivity index (χ3n) is 3.58. The lowest BCUT2D eigenvalue weighted by molar-refractivity contribution is 0.188. The average molecular weight is 320 g/mol. The van der Waals surface area contributed by atoms with Gasteiger partial charge in [-0.1, -0.05) is 17.7 Å². The van der Waals surface area contributed by atoms with E-state index >= 15 is 0 Å². The number of nitrogens with one attached hydrogen (secondary N) is 1. The minimum absolute atomic E-state index is 0.0740. The highest BCUT2D eigenvalue weighted by atomic mass is 32.2. The molecule has 22 heavy (non-hydrogen) atoms. The van der Waals surface area contributed by atoms with Crippen LogP contribution in [0.1, 0.15) is 11.4 Å². The van der Waals surface area contributed by atoms with Crippen molar-refractivity contribution in [1.29, 1.82) is 0 Å². The second-order valence-corrected chi connectivity index (χ2v) is 6.86. The van der Waals surface area contributed by atoms with Gasteiger partial charge in [-0.2, -0.15) is 0 Å². The van der Waals surface area contributed by atoms with E-state index in [2.05, 4.69) is 9.71 Å². The molecule has 1 aromatic heterocycles. The topological polar surface area (TPSA) is 84.3 Å². The summed E-state index contributed by atoms with van der Waals surface area (Å²) in [5.74, 6) is 0.745. The molecule has 0 spiro atoms. The molecule has 2 aromatic rings. The predicted octanol–water partition coefficient (Wildman–Crippen LogP) is 1.11. The lowest BCUT2D eigenvalue weighted by atomic mass is 10.2. The Bertz CT molecular complexity index is 796. The van der Waals surface area contributed by atoms with Crippen molar-refractivity contribution in [3.8, 4) is 0 Å². The van der Waals surface area contributed by atoms with E-state index in [1.807, 2.05) is 17.7 Å². The molecule has 1 aliphatic rings. The number of aryl methyl sites for hydroxylation is 1. The van der Waals surface area contributed by atoms with E-state index in [0.29, 0.717) is 19.6 Å². The molecule has 0 unspecified atom stereocenters. The Morgan fingerprint density at radius 2 is 1.95 bits per heavy atom. The highest BCUT2D eigenvalue weighted by molar-refractivity contribution is 7.90. The fraction of sp³-hybridized carbons (Fsp3) is 0.286. The third kappa shape index (κ3) is 2.82. The van der Waals surface area contributed by atoms with Gasteiger partial charge in [0.05, 0.1) is 11.4 Å². The maximum absolute atomic E-state index is 12.2. The van der Waals surface area contributed by atoms with Crippen molar-refractivity contribution in [2.75, 3.05) is 6.54 Å². The second-order valence-electron chi connectivity index (χ2n) is 5.18. The van der Waals surface area contributed by atoms with Crippen molar-refractivity contribution >= 4 is 16.1 Å². The summed E-state index contributed by atoms with van der Waals surface area (Å²) in [5.41, 5.74) is 0.952. The molecule has 0 fully saturated rings. The number of nitrogens with zero attached hydrogens (tertiary/aromatic N) is 3. The summed E-state index contributed by atoms with van der Waals surface area (Å²) in [7, 11) is -3.86. The molecule has 0 saturated carbocycles. The zero-order chi connectivity index (χ0) is 15.7. The number of amides is 2. The van der Waals surface area contributed by atoms with E-state index in [1.165, 1.54) is 17.0 Å². The van der Waals surface area contributed by atoms with Crippen LogP contribution in [0, 0.1) is 6.92 Å². The second kappa shape index (κ2) is 5.45. The zero-order valence-electron chi connectivity index (χ0n) is 12.1. The largest absolute Gasteiger partial charge is 0.332 e.